The Morgan fingerprint density at radius 1 is 1.18 bits per heavy atom. The van der Waals surface area contributed by atoms with Crippen LogP contribution >= 0.6 is 27.7 Å². The highest BCUT2D eigenvalue weighted by atomic mass is 79.9. The predicted molar refractivity (Wildman–Crippen MR) is 117 cm³/mol. The number of nitrogens with zero attached hydrogens (tertiary/aromatic N) is 4. The molecule has 0 unspecified atom stereocenters. The molecule has 1 aromatic heterocycles. The minimum atomic E-state index is 0.0654. The van der Waals surface area contributed by atoms with E-state index in [4.69, 9.17) is 0 Å². The molecular formula is C21H23BrN4OS. The van der Waals surface area contributed by atoms with Crippen LogP contribution in [-0.2, 0) is 17.9 Å². The normalized spacial score (nSPS) is 10.9. The van der Waals surface area contributed by atoms with E-state index in [-0.39, 0.29) is 5.91 Å². The molecule has 0 bridgehead atoms. The van der Waals surface area contributed by atoms with Crippen LogP contribution in [0.4, 0.5) is 0 Å². The van der Waals surface area contributed by atoms with Gasteiger partial charge in [-0.15, -0.1) is 10.2 Å². The minimum Gasteiger partial charge on any atom is -0.341 e. The summed E-state index contributed by atoms with van der Waals surface area (Å²) < 4.78 is 3.09. The van der Waals surface area contributed by atoms with E-state index in [0.717, 1.165) is 33.1 Å². The van der Waals surface area contributed by atoms with Crippen LogP contribution in [0.1, 0.15) is 18.1 Å². The largest absolute Gasteiger partial charge is 0.341 e. The molecule has 0 atom stereocenters. The molecule has 3 rings (SSSR count). The van der Waals surface area contributed by atoms with E-state index in [1.807, 2.05) is 43.4 Å². The maximum atomic E-state index is 12.5. The summed E-state index contributed by atoms with van der Waals surface area (Å²) in [5.41, 5.74) is 3.32. The summed E-state index contributed by atoms with van der Waals surface area (Å²) in [6, 6.07) is 16.2. The maximum absolute atomic E-state index is 12.5. The van der Waals surface area contributed by atoms with Gasteiger partial charge in [0.25, 0.3) is 0 Å². The molecule has 0 radical (unpaired) electrons. The third-order valence-electron chi connectivity index (χ3n) is 4.39. The Morgan fingerprint density at radius 2 is 1.93 bits per heavy atom. The third-order valence-corrected chi connectivity index (χ3v) is 5.87. The van der Waals surface area contributed by atoms with Gasteiger partial charge in [-0.05, 0) is 37.6 Å². The standard InChI is InChI=1S/C21H23BrN4OS/c1-4-26-20(17-7-5-6-15(2)12-17)23-24-21(26)28-14-19(27)25(3)13-16-8-10-18(22)11-9-16/h5-12H,4,13-14H2,1-3H3. The summed E-state index contributed by atoms with van der Waals surface area (Å²) in [7, 11) is 1.83. The minimum absolute atomic E-state index is 0.0654. The zero-order valence-electron chi connectivity index (χ0n) is 16.2. The van der Waals surface area contributed by atoms with Gasteiger partial charge in [-0.2, -0.15) is 0 Å². The Hall–Kier alpha value is -2.12. The number of carbonyl (C=O) groups is 1. The van der Waals surface area contributed by atoms with Crippen LogP contribution in [0.3, 0.4) is 0 Å². The van der Waals surface area contributed by atoms with Gasteiger partial charge >= 0.3 is 0 Å². The molecule has 3 aromatic rings. The second-order valence-corrected chi connectivity index (χ2v) is 8.44. The molecule has 0 aliphatic heterocycles. The second-order valence-electron chi connectivity index (χ2n) is 6.58. The molecular weight excluding hydrogens is 436 g/mol. The number of thioether (sulfide) groups is 1. The number of carbonyl (C=O) groups excluding carboxylic acids is 1. The molecule has 2 aromatic carbocycles. The van der Waals surface area contributed by atoms with E-state index in [9.17, 15) is 4.79 Å². The van der Waals surface area contributed by atoms with Crippen LogP contribution in [0.15, 0.2) is 58.2 Å². The number of amides is 1. The third kappa shape index (κ3) is 5.02. The summed E-state index contributed by atoms with van der Waals surface area (Å²) in [5.74, 6) is 1.24. The summed E-state index contributed by atoms with van der Waals surface area (Å²) >= 11 is 4.86. The Morgan fingerprint density at radius 3 is 2.61 bits per heavy atom. The monoisotopic (exact) mass is 458 g/mol. The van der Waals surface area contributed by atoms with Crippen molar-refractivity contribution in [3.8, 4) is 11.4 Å². The van der Waals surface area contributed by atoms with E-state index >= 15 is 0 Å². The van der Waals surface area contributed by atoms with Crippen molar-refractivity contribution in [1.82, 2.24) is 19.7 Å². The fraction of sp³-hybridized carbons (Fsp3) is 0.286. The van der Waals surface area contributed by atoms with Gasteiger partial charge in [-0.3, -0.25) is 4.79 Å². The molecule has 0 aliphatic rings. The lowest BCUT2D eigenvalue weighted by Crippen LogP contribution is -2.27. The van der Waals surface area contributed by atoms with E-state index in [2.05, 4.69) is 56.7 Å². The van der Waals surface area contributed by atoms with Crippen LogP contribution in [0.2, 0.25) is 0 Å². The molecule has 146 valence electrons. The van der Waals surface area contributed by atoms with Crippen molar-refractivity contribution in [2.75, 3.05) is 12.8 Å². The zero-order valence-corrected chi connectivity index (χ0v) is 18.6. The van der Waals surface area contributed by atoms with Crippen molar-refractivity contribution in [1.29, 1.82) is 0 Å². The van der Waals surface area contributed by atoms with Crippen molar-refractivity contribution in [3.63, 3.8) is 0 Å². The fourth-order valence-corrected chi connectivity index (χ4v) is 4.07. The van der Waals surface area contributed by atoms with Crippen molar-refractivity contribution in [2.24, 2.45) is 0 Å². The van der Waals surface area contributed by atoms with E-state index in [1.165, 1.54) is 17.3 Å². The summed E-state index contributed by atoms with van der Waals surface area (Å²) in [4.78, 5) is 14.3. The highest BCUT2D eigenvalue weighted by Gasteiger charge is 2.16. The summed E-state index contributed by atoms with van der Waals surface area (Å²) in [6.07, 6.45) is 0. The number of aromatic nitrogens is 3. The topological polar surface area (TPSA) is 51.0 Å². The lowest BCUT2D eigenvalue weighted by Gasteiger charge is -2.17. The Balaban J connectivity index is 1.65. The molecule has 5 nitrogen and oxygen atoms in total. The summed E-state index contributed by atoms with van der Waals surface area (Å²) in [5, 5.41) is 9.45. The molecule has 0 N–H and O–H groups in total. The quantitative estimate of drug-likeness (QED) is 0.477. The first kappa shape index (κ1) is 20.6. The number of halogens is 1. The van der Waals surface area contributed by atoms with E-state index in [1.54, 1.807) is 4.90 Å². The number of hydrogen-bond acceptors (Lipinski definition) is 4. The van der Waals surface area contributed by atoms with Crippen molar-refractivity contribution in [2.45, 2.75) is 32.1 Å². The average molecular weight is 459 g/mol. The zero-order chi connectivity index (χ0) is 20.1. The van der Waals surface area contributed by atoms with Crippen LogP contribution < -0.4 is 0 Å². The number of benzene rings is 2. The highest BCUT2D eigenvalue weighted by molar-refractivity contribution is 9.10. The highest BCUT2D eigenvalue weighted by Crippen LogP contribution is 2.25. The average Bonchev–Trinajstić information content (AvgIpc) is 3.10. The second kappa shape index (κ2) is 9.39. The Kier molecular flexibility index (Phi) is 6.91. The first-order chi connectivity index (χ1) is 13.5. The first-order valence-electron chi connectivity index (χ1n) is 9.09. The lowest BCUT2D eigenvalue weighted by molar-refractivity contribution is -0.127. The van der Waals surface area contributed by atoms with E-state index < -0.39 is 0 Å². The summed E-state index contributed by atoms with van der Waals surface area (Å²) in [6.45, 7) is 5.46. The first-order valence-corrected chi connectivity index (χ1v) is 10.9. The van der Waals surface area contributed by atoms with Gasteiger partial charge in [0.1, 0.15) is 0 Å². The van der Waals surface area contributed by atoms with Gasteiger partial charge in [-0.25, -0.2) is 0 Å². The Bertz CT molecular complexity index is 955. The van der Waals surface area contributed by atoms with Crippen molar-refractivity contribution in [3.05, 3.63) is 64.1 Å². The molecule has 0 saturated heterocycles. The van der Waals surface area contributed by atoms with Gasteiger partial charge in [0.15, 0.2) is 11.0 Å². The van der Waals surface area contributed by atoms with Crippen molar-refractivity contribution < 1.29 is 4.79 Å². The van der Waals surface area contributed by atoms with Gasteiger partial charge < -0.3 is 9.47 Å². The van der Waals surface area contributed by atoms with Crippen LogP contribution in [0.25, 0.3) is 11.4 Å². The number of hydrogen-bond donors (Lipinski definition) is 0. The van der Waals surface area contributed by atoms with Crippen LogP contribution in [0.5, 0.6) is 0 Å². The number of rotatable bonds is 7. The van der Waals surface area contributed by atoms with Crippen LogP contribution in [0, 0.1) is 6.92 Å². The molecule has 0 spiro atoms. The van der Waals surface area contributed by atoms with Gasteiger partial charge in [0.2, 0.25) is 5.91 Å². The van der Waals surface area contributed by atoms with Gasteiger partial charge in [0.05, 0.1) is 5.75 Å². The lowest BCUT2D eigenvalue weighted by atomic mass is 10.1. The van der Waals surface area contributed by atoms with E-state index in [0.29, 0.717) is 12.3 Å². The molecule has 1 heterocycles. The molecule has 0 fully saturated rings. The molecule has 1 amide bonds. The smallest absolute Gasteiger partial charge is 0.233 e. The fourth-order valence-electron chi connectivity index (χ4n) is 2.87. The van der Waals surface area contributed by atoms with Crippen molar-refractivity contribution >= 4 is 33.6 Å². The molecule has 0 saturated carbocycles. The predicted octanol–water partition coefficient (Wildman–Crippen LogP) is 4.79. The maximum Gasteiger partial charge on any atom is 0.233 e. The van der Waals surface area contributed by atoms with Crippen LogP contribution in [-0.4, -0.2) is 38.4 Å². The number of aryl methyl sites for hydroxylation is 1. The SMILES string of the molecule is CCn1c(SCC(=O)N(C)Cc2ccc(Br)cc2)nnc1-c1cccc(C)c1. The Labute approximate surface area is 178 Å². The molecule has 28 heavy (non-hydrogen) atoms. The molecule has 7 heteroatoms. The van der Waals surface area contributed by atoms with Gasteiger partial charge in [-0.1, -0.05) is 63.6 Å². The molecule has 0 aliphatic carbocycles. The van der Waals surface area contributed by atoms with Gasteiger partial charge in [0, 0.05) is 30.2 Å².